The molecule has 1 atom stereocenters. The molecule has 7 heteroatoms. The van der Waals surface area contributed by atoms with Crippen LogP contribution in [-0.2, 0) is 0 Å². The summed E-state index contributed by atoms with van der Waals surface area (Å²) in [6.45, 7) is 1.96. The van der Waals surface area contributed by atoms with Crippen molar-refractivity contribution in [3.05, 3.63) is 68.9 Å². The molecule has 0 spiro atoms. The first-order valence-corrected chi connectivity index (χ1v) is 7.58. The Labute approximate surface area is 135 Å². The van der Waals surface area contributed by atoms with Crippen LogP contribution in [0.25, 0.3) is 21.9 Å². The number of H-pyrrole nitrogens is 3. The fourth-order valence-electron chi connectivity index (χ4n) is 2.76. The molecule has 0 bridgehead atoms. The molecule has 0 aliphatic carbocycles. The highest BCUT2D eigenvalue weighted by molar-refractivity contribution is 5.78. The van der Waals surface area contributed by atoms with Crippen LogP contribution in [0.3, 0.4) is 0 Å². The number of nitrogens with one attached hydrogen (secondary N) is 4. The van der Waals surface area contributed by atoms with Gasteiger partial charge in [-0.3, -0.25) is 9.78 Å². The molecule has 24 heavy (non-hydrogen) atoms. The van der Waals surface area contributed by atoms with Crippen LogP contribution in [0.2, 0.25) is 0 Å². The molecule has 4 rings (SSSR count). The third kappa shape index (κ3) is 2.45. The van der Waals surface area contributed by atoms with Crippen molar-refractivity contribution >= 4 is 27.9 Å². The molecular formula is C17H15N5O2. The van der Waals surface area contributed by atoms with Crippen LogP contribution >= 0.6 is 0 Å². The number of anilines is 1. The van der Waals surface area contributed by atoms with Gasteiger partial charge in [0.15, 0.2) is 0 Å². The number of fused-ring (bicyclic) bond motifs is 2. The second-order valence-corrected chi connectivity index (χ2v) is 5.68. The van der Waals surface area contributed by atoms with Crippen LogP contribution in [0.15, 0.2) is 52.1 Å². The van der Waals surface area contributed by atoms with E-state index in [1.165, 1.54) is 0 Å². The van der Waals surface area contributed by atoms with Crippen LogP contribution < -0.4 is 16.6 Å². The molecule has 0 aliphatic heterocycles. The van der Waals surface area contributed by atoms with E-state index in [0.29, 0.717) is 16.9 Å². The number of nitrogens with zero attached hydrogens (tertiary/aromatic N) is 1. The number of imidazole rings is 1. The molecule has 0 fully saturated rings. The molecule has 7 nitrogen and oxygen atoms in total. The second-order valence-electron chi connectivity index (χ2n) is 5.68. The van der Waals surface area contributed by atoms with Gasteiger partial charge in [-0.15, -0.1) is 0 Å². The van der Waals surface area contributed by atoms with E-state index in [4.69, 9.17) is 0 Å². The van der Waals surface area contributed by atoms with Gasteiger partial charge in [-0.2, -0.15) is 0 Å². The van der Waals surface area contributed by atoms with Crippen molar-refractivity contribution in [3.8, 4) is 0 Å². The maximum Gasteiger partial charge on any atom is 0.323 e. The molecule has 0 saturated carbocycles. The van der Waals surface area contributed by atoms with E-state index < -0.39 is 0 Å². The number of benzene rings is 2. The van der Waals surface area contributed by atoms with E-state index in [0.717, 1.165) is 16.6 Å². The Morgan fingerprint density at radius 2 is 1.79 bits per heavy atom. The van der Waals surface area contributed by atoms with Gasteiger partial charge >= 0.3 is 5.69 Å². The predicted octanol–water partition coefficient (Wildman–Crippen LogP) is 2.27. The summed E-state index contributed by atoms with van der Waals surface area (Å²) in [5, 5.41) is 3.75. The minimum absolute atomic E-state index is 0.0999. The highest BCUT2D eigenvalue weighted by Crippen LogP contribution is 2.20. The summed E-state index contributed by atoms with van der Waals surface area (Å²) in [5.41, 5.74) is 2.69. The molecule has 0 radical (unpaired) electrons. The van der Waals surface area contributed by atoms with Gasteiger partial charge < -0.3 is 15.3 Å². The molecule has 0 amide bonds. The SMILES string of the molecule is CC(Nc1nc2ccccc2c(=O)[nH]1)c1ccc2[nH]c(=O)[nH]c2c1. The maximum atomic E-state index is 12.1. The van der Waals surface area contributed by atoms with Crippen molar-refractivity contribution in [2.24, 2.45) is 0 Å². The average Bonchev–Trinajstić information content (AvgIpc) is 2.94. The molecule has 1 unspecified atom stereocenters. The first kappa shape index (κ1) is 14.3. The van der Waals surface area contributed by atoms with Gasteiger partial charge in [-0.1, -0.05) is 18.2 Å². The molecule has 2 heterocycles. The van der Waals surface area contributed by atoms with Crippen LogP contribution in [0.5, 0.6) is 0 Å². The topological polar surface area (TPSA) is 106 Å². The number of aromatic nitrogens is 4. The van der Waals surface area contributed by atoms with E-state index in [1.54, 1.807) is 12.1 Å². The van der Waals surface area contributed by atoms with Gasteiger partial charge in [0.2, 0.25) is 5.95 Å². The molecule has 120 valence electrons. The average molecular weight is 321 g/mol. The van der Waals surface area contributed by atoms with Crippen LogP contribution in [-0.4, -0.2) is 19.9 Å². The van der Waals surface area contributed by atoms with Crippen molar-refractivity contribution in [3.63, 3.8) is 0 Å². The summed E-state index contributed by atoms with van der Waals surface area (Å²) in [5.74, 6) is 0.411. The number of hydrogen-bond acceptors (Lipinski definition) is 4. The minimum Gasteiger partial charge on any atom is -0.349 e. The summed E-state index contributed by atoms with van der Waals surface area (Å²) < 4.78 is 0. The first-order chi connectivity index (χ1) is 11.6. The van der Waals surface area contributed by atoms with Crippen molar-refractivity contribution < 1.29 is 0 Å². The van der Waals surface area contributed by atoms with Gasteiger partial charge in [-0.05, 0) is 36.8 Å². The Kier molecular flexibility index (Phi) is 3.19. The molecule has 0 aliphatic rings. The largest absolute Gasteiger partial charge is 0.349 e. The highest BCUT2D eigenvalue weighted by atomic mass is 16.1. The third-order valence-corrected chi connectivity index (χ3v) is 4.01. The molecule has 4 aromatic rings. The van der Waals surface area contributed by atoms with Gasteiger partial charge in [0.25, 0.3) is 5.56 Å². The summed E-state index contributed by atoms with van der Waals surface area (Å²) >= 11 is 0. The fraction of sp³-hybridized carbons (Fsp3) is 0.118. The Morgan fingerprint density at radius 3 is 2.67 bits per heavy atom. The van der Waals surface area contributed by atoms with Gasteiger partial charge in [0.1, 0.15) is 0 Å². The Balaban J connectivity index is 1.68. The predicted molar refractivity (Wildman–Crippen MR) is 93.3 cm³/mol. The van der Waals surface area contributed by atoms with E-state index in [-0.39, 0.29) is 17.3 Å². The zero-order valence-corrected chi connectivity index (χ0v) is 12.9. The Bertz CT molecular complexity index is 1150. The lowest BCUT2D eigenvalue weighted by atomic mass is 10.1. The summed E-state index contributed by atoms with van der Waals surface area (Å²) in [4.78, 5) is 36.1. The zero-order valence-electron chi connectivity index (χ0n) is 12.9. The van der Waals surface area contributed by atoms with Gasteiger partial charge in [0, 0.05) is 0 Å². The summed E-state index contributed by atoms with van der Waals surface area (Å²) in [7, 11) is 0. The van der Waals surface area contributed by atoms with Crippen molar-refractivity contribution in [1.82, 2.24) is 19.9 Å². The lowest BCUT2D eigenvalue weighted by Gasteiger charge is -2.15. The van der Waals surface area contributed by atoms with Crippen molar-refractivity contribution in [2.75, 3.05) is 5.32 Å². The quantitative estimate of drug-likeness (QED) is 0.464. The molecule has 2 aromatic carbocycles. The number of para-hydroxylation sites is 1. The van der Waals surface area contributed by atoms with Crippen LogP contribution in [0.4, 0.5) is 5.95 Å². The number of rotatable bonds is 3. The van der Waals surface area contributed by atoms with Crippen molar-refractivity contribution in [2.45, 2.75) is 13.0 Å². The van der Waals surface area contributed by atoms with E-state index in [1.807, 2.05) is 37.3 Å². The van der Waals surface area contributed by atoms with Crippen LogP contribution in [0.1, 0.15) is 18.5 Å². The smallest absolute Gasteiger partial charge is 0.323 e. The van der Waals surface area contributed by atoms with E-state index >= 15 is 0 Å². The summed E-state index contributed by atoms with van der Waals surface area (Å²) in [6.07, 6.45) is 0. The zero-order chi connectivity index (χ0) is 16.7. The van der Waals surface area contributed by atoms with E-state index in [9.17, 15) is 9.59 Å². The standard InChI is InChI=1S/C17H15N5O2/c1-9(10-6-7-13-14(8-10)21-17(24)20-13)18-16-19-12-5-3-2-4-11(12)15(23)22-16/h2-9H,1H3,(H2,20,21,24)(H2,18,19,22,23). The Morgan fingerprint density at radius 1 is 1.00 bits per heavy atom. The van der Waals surface area contributed by atoms with Gasteiger partial charge in [0.05, 0.1) is 28.0 Å². The van der Waals surface area contributed by atoms with Crippen LogP contribution in [0, 0.1) is 0 Å². The summed E-state index contributed by atoms with van der Waals surface area (Å²) in [6, 6.07) is 12.8. The number of aromatic amines is 3. The first-order valence-electron chi connectivity index (χ1n) is 7.58. The van der Waals surface area contributed by atoms with E-state index in [2.05, 4.69) is 25.3 Å². The maximum absolute atomic E-state index is 12.1. The Hall–Kier alpha value is -3.35. The molecule has 0 saturated heterocycles. The lowest BCUT2D eigenvalue weighted by molar-refractivity contribution is 0.862. The third-order valence-electron chi connectivity index (χ3n) is 4.01. The monoisotopic (exact) mass is 321 g/mol. The highest BCUT2D eigenvalue weighted by Gasteiger charge is 2.10. The molecular weight excluding hydrogens is 306 g/mol. The fourth-order valence-corrected chi connectivity index (χ4v) is 2.76. The lowest BCUT2D eigenvalue weighted by Crippen LogP contribution is -2.15. The van der Waals surface area contributed by atoms with Gasteiger partial charge in [-0.25, -0.2) is 9.78 Å². The van der Waals surface area contributed by atoms with Crippen molar-refractivity contribution in [1.29, 1.82) is 0 Å². The second kappa shape index (κ2) is 5.38. The normalized spacial score (nSPS) is 12.5. The number of hydrogen-bond donors (Lipinski definition) is 4. The minimum atomic E-state index is -0.233. The molecule has 4 N–H and O–H groups in total. The molecule has 2 aromatic heterocycles.